The highest BCUT2D eigenvalue weighted by Gasteiger charge is 2.24. The number of anilines is 1. The average molecular weight is 493 g/mol. The van der Waals surface area contributed by atoms with E-state index < -0.39 is 10.0 Å². The van der Waals surface area contributed by atoms with Crippen molar-refractivity contribution in [3.63, 3.8) is 0 Å². The molecule has 0 amide bonds. The number of ether oxygens (including phenoxy) is 1. The van der Waals surface area contributed by atoms with Gasteiger partial charge in [0, 0.05) is 36.5 Å². The molecule has 2 aromatic rings. The molecule has 1 fully saturated rings. The lowest BCUT2D eigenvalue weighted by molar-refractivity contribution is 0.0383. The maximum absolute atomic E-state index is 12.6. The minimum absolute atomic E-state index is 0. The molecule has 1 N–H and O–H groups in total. The fourth-order valence-electron chi connectivity index (χ4n) is 2.52. The van der Waals surface area contributed by atoms with Gasteiger partial charge in [-0.1, -0.05) is 34.8 Å². The van der Waals surface area contributed by atoms with Crippen LogP contribution in [-0.4, -0.2) is 51.1 Å². The van der Waals surface area contributed by atoms with Crippen LogP contribution in [0.1, 0.15) is 5.69 Å². The van der Waals surface area contributed by atoms with Crippen LogP contribution in [0.4, 0.5) is 5.13 Å². The van der Waals surface area contributed by atoms with Crippen molar-refractivity contribution in [2.45, 2.75) is 11.3 Å². The van der Waals surface area contributed by atoms with Crippen LogP contribution in [-0.2, 0) is 21.2 Å². The van der Waals surface area contributed by atoms with E-state index in [4.69, 9.17) is 39.5 Å². The molecule has 0 unspecified atom stereocenters. The molecule has 1 saturated heterocycles. The van der Waals surface area contributed by atoms with Gasteiger partial charge in [-0.15, -0.1) is 23.7 Å². The number of halogens is 4. The van der Waals surface area contributed by atoms with Crippen molar-refractivity contribution in [2.75, 3.05) is 37.6 Å². The second-order valence-corrected chi connectivity index (χ2v) is 9.38. The van der Waals surface area contributed by atoms with Crippen molar-refractivity contribution in [1.29, 1.82) is 0 Å². The molecule has 0 aliphatic carbocycles. The lowest BCUT2D eigenvalue weighted by Gasteiger charge is -2.26. The summed E-state index contributed by atoms with van der Waals surface area (Å²) in [6, 6.07) is 2.67. The zero-order valence-corrected chi connectivity index (χ0v) is 18.7. The number of hydrogen-bond donors (Lipinski definition) is 1. The van der Waals surface area contributed by atoms with Gasteiger partial charge in [-0.25, -0.2) is 13.4 Å². The quantitative estimate of drug-likeness (QED) is 0.654. The van der Waals surface area contributed by atoms with E-state index >= 15 is 0 Å². The first-order chi connectivity index (χ1) is 12.3. The molecule has 0 atom stereocenters. The SMILES string of the molecule is Cl.O=S(=O)(Nc1nc(CCN2CCOCC2)cs1)c1c(Cl)cc(Cl)cc1Cl. The highest BCUT2D eigenvalue weighted by Crippen LogP contribution is 2.34. The van der Waals surface area contributed by atoms with Crippen molar-refractivity contribution in [3.8, 4) is 0 Å². The molecule has 0 radical (unpaired) electrons. The van der Waals surface area contributed by atoms with E-state index in [0.29, 0.717) is 0 Å². The summed E-state index contributed by atoms with van der Waals surface area (Å²) in [7, 11) is -3.97. The predicted octanol–water partition coefficient (Wildman–Crippen LogP) is 4.20. The number of rotatable bonds is 6. The van der Waals surface area contributed by atoms with Crippen LogP contribution in [0.25, 0.3) is 0 Å². The Morgan fingerprint density at radius 2 is 1.81 bits per heavy atom. The molecule has 0 saturated carbocycles. The van der Waals surface area contributed by atoms with Crippen molar-refractivity contribution in [2.24, 2.45) is 0 Å². The molecule has 27 heavy (non-hydrogen) atoms. The predicted molar refractivity (Wildman–Crippen MR) is 113 cm³/mol. The molecule has 12 heteroatoms. The van der Waals surface area contributed by atoms with Crippen molar-refractivity contribution in [3.05, 3.63) is 38.3 Å². The first kappa shape index (κ1) is 23.0. The van der Waals surface area contributed by atoms with E-state index in [9.17, 15) is 8.42 Å². The number of nitrogens with zero attached hydrogens (tertiary/aromatic N) is 2. The molecule has 1 aliphatic rings. The van der Waals surface area contributed by atoms with Gasteiger partial charge in [-0.3, -0.25) is 9.62 Å². The lowest BCUT2D eigenvalue weighted by Crippen LogP contribution is -2.37. The molecule has 1 aliphatic heterocycles. The Kier molecular flexibility index (Phi) is 8.45. The number of thiazole rings is 1. The van der Waals surface area contributed by atoms with Crippen LogP contribution in [0.15, 0.2) is 22.4 Å². The number of benzene rings is 1. The Balaban J connectivity index is 0.00000261. The Morgan fingerprint density at radius 1 is 1.19 bits per heavy atom. The summed E-state index contributed by atoms with van der Waals surface area (Å²) in [6.07, 6.45) is 0.737. The zero-order chi connectivity index (χ0) is 18.7. The van der Waals surface area contributed by atoms with Gasteiger partial charge in [0.15, 0.2) is 5.13 Å². The van der Waals surface area contributed by atoms with Crippen molar-refractivity contribution < 1.29 is 13.2 Å². The first-order valence-electron chi connectivity index (χ1n) is 7.77. The normalized spacial score (nSPS) is 15.4. The van der Waals surface area contributed by atoms with Gasteiger partial charge < -0.3 is 4.74 Å². The maximum atomic E-state index is 12.6. The van der Waals surface area contributed by atoms with E-state index in [1.54, 1.807) is 0 Å². The third-order valence-electron chi connectivity index (χ3n) is 3.79. The van der Waals surface area contributed by atoms with Gasteiger partial charge in [-0.05, 0) is 12.1 Å². The summed E-state index contributed by atoms with van der Waals surface area (Å²) in [5, 5.41) is 2.28. The van der Waals surface area contributed by atoms with E-state index in [0.717, 1.165) is 45.0 Å². The monoisotopic (exact) mass is 491 g/mol. The van der Waals surface area contributed by atoms with E-state index in [-0.39, 0.29) is 37.5 Å². The van der Waals surface area contributed by atoms with E-state index in [2.05, 4.69) is 14.6 Å². The molecule has 0 spiro atoms. The second kappa shape index (κ2) is 9.93. The number of morpholine rings is 1. The van der Waals surface area contributed by atoms with Crippen LogP contribution >= 0.6 is 58.5 Å². The zero-order valence-electron chi connectivity index (χ0n) is 14.0. The van der Waals surface area contributed by atoms with Crippen LogP contribution in [0.2, 0.25) is 15.1 Å². The highest BCUT2D eigenvalue weighted by atomic mass is 35.5. The van der Waals surface area contributed by atoms with Gasteiger partial charge >= 0.3 is 0 Å². The first-order valence-corrected chi connectivity index (χ1v) is 11.3. The second-order valence-electron chi connectivity index (χ2n) is 5.65. The molecular formula is C15H17Cl4N3O3S2. The van der Waals surface area contributed by atoms with Crippen LogP contribution in [0, 0.1) is 0 Å². The smallest absolute Gasteiger partial charge is 0.266 e. The highest BCUT2D eigenvalue weighted by molar-refractivity contribution is 7.93. The van der Waals surface area contributed by atoms with Gasteiger partial charge in [0.2, 0.25) is 0 Å². The molecule has 6 nitrogen and oxygen atoms in total. The number of sulfonamides is 1. The maximum Gasteiger partial charge on any atom is 0.266 e. The summed E-state index contributed by atoms with van der Waals surface area (Å²) >= 11 is 19.1. The van der Waals surface area contributed by atoms with E-state index in [1.807, 2.05) is 5.38 Å². The number of nitrogens with one attached hydrogen (secondary N) is 1. The lowest BCUT2D eigenvalue weighted by atomic mass is 10.3. The minimum Gasteiger partial charge on any atom is -0.379 e. The van der Waals surface area contributed by atoms with E-state index in [1.165, 1.54) is 23.5 Å². The topological polar surface area (TPSA) is 71.5 Å². The molecule has 1 aromatic carbocycles. The average Bonchev–Trinajstić information content (AvgIpc) is 2.99. The van der Waals surface area contributed by atoms with Crippen LogP contribution < -0.4 is 4.72 Å². The Labute approximate surface area is 183 Å². The Bertz CT molecular complexity index is 863. The molecule has 1 aromatic heterocycles. The van der Waals surface area contributed by atoms with Crippen molar-refractivity contribution in [1.82, 2.24) is 9.88 Å². The van der Waals surface area contributed by atoms with Gasteiger partial charge in [0.25, 0.3) is 10.0 Å². The number of hydrogen-bond acceptors (Lipinski definition) is 6. The summed E-state index contributed by atoms with van der Waals surface area (Å²) in [6.45, 7) is 4.14. The molecule has 150 valence electrons. The standard InChI is InChI=1S/C15H16Cl3N3O3S2.ClH/c16-10-7-12(17)14(13(18)8-10)26(22,23)20-15-19-11(9-25-15)1-2-21-3-5-24-6-4-21;/h7-9H,1-6H2,(H,19,20);1H. The fraction of sp³-hybridized carbons (Fsp3) is 0.400. The van der Waals surface area contributed by atoms with Gasteiger partial charge in [0.1, 0.15) is 4.90 Å². The van der Waals surface area contributed by atoms with Crippen molar-refractivity contribution >= 4 is 73.7 Å². The van der Waals surface area contributed by atoms with Gasteiger partial charge in [-0.2, -0.15) is 0 Å². The van der Waals surface area contributed by atoms with Crippen LogP contribution in [0.5, 0.6) is 0 Å². The Morgan fingerprint density at radius 3 is 2.44 bits per heavy atom. The van der Waals surface area contributed by atoms with Gasteiger partial charge in [0.05, 0.1) is 29.0 Å². The molecular weight excluding hydrogens is 476 g/mol. The van der Waals surface area contributed by atoms with Crippen LogP contribution in [0.3, 0.4) is 0 Å². The molecule has 0 bridgehead atoms. The molecule has 2 heterocycles. The third-order valence-corrected chi connectivity index (χ3v) is 7.21. The summed E-state index contributed by atoms with van der Waals surface area (Å²) in [5.41, 5.74) is 0.826. The minimum atomic E-state index is -3.97. The number of aromatic nitrogens is 1. The summed E-state index contributed by atoms with van der Waals surface area (Å²) in [4.78, 5) is 6.42. The molecule has 3 rings (SSSR count). The largest absolute Gasteiger partial charge is 0.379 e. The Hall–Kier alpha value is -0.320. The third kappa shape index (κ3) is 6.08. The summed E-state index contributed by atoms with van der Waals surface area (Å²) < 4.78 is 32.9. The fourth-order valence-corrected chi connectivity index (χ4v) is 6.06. The summed E-state index contributed by atoms with van der Waals surface area (Å²) in [5.74, 6) is 0.